The summed E-state index contributed by atoms with van der Waals surface area (Å²) in [6.07, 6.45) is 0.586. The molecule has 1 saturated heterocycles. The first-order valence-electron chi connectivity index (χ1n) is 11.4. The largest absolute Gasteiger partial charge is 0.465 e. The highest BCUT2D eigenvalue weighted by Gasteiger charge is 2.42. The van der Waals surface area contributed by atoms with Crippen molar-refractivity contribution in [2.45, 2.75) is 45.2 Å². The average molecular weight is 503 g/mol. The van der Waals surface area contributed by atoms with Gasteiger partial charge in [0.15, 0.2) is 0 Å². The fourth-order valence-corrected chi connectivity index (χ4v) is 6.25. The van der Waals surface area contributed by atoms with E-state index in [1.807, 2.05) is 18.7 Å². The van der Waals surface area contributed by atoms with Crippen molar-refractivity contribution < 1.29 is 24.0 Å². The number of nitro benzene ring substituents is 1. The molecule has 35 heavy (non-hydrogen) atoms. The van der Waals surface area contributed by atoms with Crippen LogP contribution in [0, 0.1) is 10.1 Å². The Morgan fingerprint density at radius 1 is 1.23 bits per heavy atom. The lowest BCUT2D eigenvalue weighted by molar-refractivity contribution is -0.384. The van der Waals surface area contributed by atoms with Crippen molar-refractivity contribution in [3.05, 3.63) is 49.9 Å². The van der Waals surface area contributed by atoms with Gasteiger partial charge < -0.3 is 25.0 Å². The minimum absolute atomic E-state index is 0.133. The van der Waals surface area contributed by atoms with E-state index in [0.29, 0.717) is 49.0 Å². The fraction of sp³-hybridized carbons (Fsp3) is 0.500. The molecule has 2 aliphatic rings. The Hall–Kier alpha value is -3.02. The zero-order valence-electron chi connectivity index (χ0n) is 20.5. The molecule has 1 amide bonds. The number of nitrogens with zero attached hydrogens (tertiary/aromatic N) is 2. The van der Waals surface area contributed by atoms with Gasteiger partial charge in [-0.3, -0.25) is 14.9 Å². The molecule has 0 aliphatic carbocycles. The highest BCUT2D eigenvalue weighted by atomic mass is 32.1. The zero-order valence-corrected chi connectivity index (χ0v) is 21.3. The van der Waals surface area contributed by atoms with E-state index in [0.717, 1.165) is 10.4 Å². The summed E-state index contributed by atoms with van der Waals surface area (Å²) in [7, 11) is 1.31. The summed E-state index contributed by atoms with van der Waals surface area (Å²) in [4.78, 5) is 40.1. The second-order valence-electron chi connectivity index (χ2n) is 9.93. The van der Waals surface area contributed by atoms with Gasteiger partial charge in [0.1, 0.15) is 10.7 Å². The van der Waals surface area contributed by atoms with Gasteiger partial charge in [-0.25, -0.2) is 4.79 Å². The molecule has 1 fully saturated rings. The van der Waals surface area contributed by atoms with E-state index < -0.39 is 22.3 Å². The standard InChI is InChI=1S/C24H30N4O6S/c1-23(2)13-15-18(22(30)33-5)21(35-19(15)24(3,4)26-23)25-20(29)14-6-7-16(17(12-14)28(31)32)27-8-10-34-11-9-27/h6-7,12,26H,8-11,13H2,1-5H3,(H,25,29). The molecule has 0 spiro atoms. The summed E-state index contributed by atoms with van der Waals surface area (Å²) < 4.78 is 10.4. The molecule has 2 aromatic rings. The molecule has 2 N–H and O–H groups in total. The first-order chi connectivity index (χ1) is 16.4. The van der Waals surface area contributed by atoms with E-state index in [4.69, 9.17) is 9.47 Å². The van der Waals surface area contributed by atoms with Crippen LogP contribution in [0.5, 0.6) is 0 Å². The predicted octanol–water partition coefficient (Wildman–Crippen LogP) is 3.69. The predicted molar refractivity (Wildman–Crippen MR) is 134 cm³/mol. The lowest BCUT2D eigenvalue weighted by atomic mass is 9.81. The van der Waals surface area contributed by atoms with Gasteiger partial charge in [-0.2, -0.15) is 0 Å². The normalized spacial score (nSPS) is 18.5. The van der Waals surface area contributed by atoms with E-state index in [2.05, 4.69) is 24.5 Å². The van der Waals surface area contributed by atoms with E-state index in [1.165, 1.54) is 24.5 Å². The number of carbonyl (C=O) groups excluding carboxylic acids is 2. The van der Waals surface area contributed by atoms with Gasteiger partial charge in [-0.1, -0.05) is 0 Å². The molecule has 0 atom stereocenters. The number of amides is 1. The Morgan fingerprint density at radius 3 is 2.54 bits per heavy atom. The summed E-state index contributed by atoms with van der Waals surface area (Å²) in [6.45, 7) is 10.2. The Kier molecular flexibility index (Phi) is 6.60. The number of nitrogens with one attached hydrogen (secondary N) is 2. The summed E-state index contributed by atoms with van der Waals surface area (Å²) in [6, 6.07) is 4.43. The lowest BCUT2D eigenvalue weighted by Crippen LogP contribution is -2.55. The summed E-state index contributed by atoms with van der Waals surface area (Å²) in [5.74, 6) is -1.06. The van der Waals surface area contributed by atoms with Crippen LogP contribution in [0.4, 0.5) is 16.4 Å². The van der Waals surface area contributed by atoms with E-state index in [9.17, 15) is 19.7 Å². The van der Waals surface area contributed by atoms with Crippen LogP contribution in [-0.2, 0) is 21.4 Å². The number of anilines is 2. The minimum atomic E-state index is -0.532. The number of methoxy groups -OCH3 is 1. The number of nitro groups is 1. The molecule has 0 bridgehead atoms. The van der Waals surface area contributed by atoms with Gasteiger partial charge in [-0.05, 0) is 51.8 Å². The van der Waals surface area contributed by atoms with Crippen LogP contribution in [0.2, 0.25) is 0 Å². The number of morpholine rings is 1. The SMILES string of the molecule is COC(=O)c1c(NC(=O)c2ccc(N3CCOCC3)c([N+](=O)[O-])c2)sc2c1CC(C)(C)NC2(C)C. The van der Waals surface area contributed by atoms with Crippen molar-refractivity contribution in [3.8, 4) is 0 Å². The van der Waals surface area contributed by atoms with E-state index in [1.54, 1.807) is 12.1 Å². The maximum Gasteiger partial charge on any atom is 0.341 e. The molecule has 1 aromatic carbocycles. The number of carbonyl (C=O) groups is 2. The monoisotopic (exact) mass is 502 g/mol. The molecule has 0 saturated carbocycles. The van der Waals surface area contributed by atoms with E-state index >= 15 is 0 Å². The Bertz CT molecular complexity index is 1180. The van der Waals surface area contributed by atoms with Crippen LogP contribution in [0.1, 0.15) is 58.9 Å². The molecule has 0 radical (unpaired) electrons. The molecule has 3 heterocycles. The molecule has 1 aromatic heterocycles. The van der Waals surface area contributed by atoms with Crippen molar-refractivity contribution in [1.82, 2.24) is 5.32 Å². The molecule has 188 valence electrons. The van der Waals surface area contributed by atoms with Crippen molar-refractivity contribution >= 4 is 39.6 Å². The average Bonchev–Trinajstić information content (AvgIpc) is 3.15. The fourth-order valence-electron chi connectivity index (χ4n) is 4.99. The van der Waals surface area contributed by atoms with Crippen LogP contribution in [0.25, 0.3) is 0 Å². The number of thiophene rings is 1. The van der Waals surface area contributed by atoms with Crippen molar-refractivity contribution in [2.75, 3.05) is 43.6 Å². The second kappa shape index (κ2) is 9.21. The number of hydrogen-bond acceptors (Lipinski definition) is 9. The number of fused-ring (bicyclic) bond motifs is 1. The minimum Gasteiger partial charge on any atom is -0.465 e. The van der Waals surface area contributed by atoms with Crippen LogP contribution in [-0.4, -0.2) is 55.8 Å². The Balaban J connectivity index is 1.70. The number of rotatable bonds is 5. The second-order valence-corrected chi connectivity index (χ2v) is 11.0. The molecular formula is C24H30N4O6S. The highest BCUT2D eigenvalue weighted by molar-refractivity contribution is 7.17. The van der Waals surface area contributed by atoms with Gasteiger partial charge in [-0.15, -0.1) is 11.3 Å². The summed E-state index contributed by atoms with van der Waals surface area (Å²) in [5.41, 5.74) is 0.928. The Morgan fingerprint density at radius 2 is 1.91 bits per heavy atom. The quantitative estimate of drug-likeness (QED) is 0.361. The van der Waals surface area contributed by atoms with Gasteiger partial charge in [0.05, 0.1) is 30.8 Å². The van der Waals surface area contributed by atoms with Crippen LogP contribution >= 0.6 is 11.3 Å². The van der Waals surface area contributed by atoms with Crippen LogP contribution in [0.15, 0.2) is 18.2 Å². The number of esters is 1. The van der Waals surface area contributed by atoms with Crippen molar-refractivity contribution in [1.29, 1.82) is 0 Å². The molecule has 4 rings (SSSR count). The number of ether oxygens (including phenoxy) is 2. The summed E-state index contributed by atoms with van der Waals surface area (Å²) in [5, 5.41) is 18.6. The highest BCUT2D eigenvalue weighted by Crippen LogP contribution is 2.45. The molecule has 0 unspecified atom stereocenters. The molecule has 11 heteroatoms. The maximum atomic E-state index is 13.2. The first-order valence-corrected chi connectivity index (χ1v) is 12.2. The van der Waals surface area contributed by atoms with Gasteiger partial charge in [0.2, 0.25) is 0 Å². The van der Waals surface area contributed by atoms with Gasteiger partial charge in [0.25, 0.3) is 11.6 Å². The first kappa shape index (κ1) is 25.1. The summed E-state index contributed by atoms with van der Waals surface area (Å²) >= 11 is 1.32. The Labute approximate surface area is 207 Å². The van der Waals surface area contributed by atoms with Gasteiger partial charge >= 0.3 is 5.97 Å². The third-order valence-corrected chi connectivity index (χ3v) is 7.72. The molecular weight excluding hydrogens is 472 g/mol. The molecule has 10 nitrogen and oxygen atoms in total. The third-order valence-electron chi connectivity index (χ3n) is 6.25. The third kappa shape index (κ3) is 4.89. The van der Waals surface area contributed by atoms with E-state index in [-0.39, 0.29) is 16.8 Å². The lowest BCUT2D eigenvalue weighted by Gasteiger charge is -2.42. The van der Waals surface area contributed by atoms with Gasteiger partial charge in [0, 0.05) is 40.7 Å². The van der Waals surface area contributed by atoms with Crippen molar-refractivity contribution in [2.24, 2.45) is 0 Å². The topological polar surface area (TPSA) is 123 Å². The van der Waals surface area contributed by atoms with Crippen LogP contribution < -0.4 is 15.5 Å². The maximum absolute atomic E-state index is 13.2. The number of hydrogen-bond donors (Lipinski definition) is 2. The smallest absolute Gasteiger partial charge is 0.341 e. The number of benzene rings is 1. The van der Waals surface area contributed by atoms with Crippen molar-refractivity contribution in [3.63, 3.8) is 0 Å². The zero-order chi connectivity index (χ0) is 25.5. The van der Waals surface area contributed by atoms with Crippen LogP contribution in [0.3, 0.4) is 0 Å². The molecule has 2 aliphatic heterocycles.